The Morgan fingerprint density at radius 2 is 0.886 bits per heavy atom. The van der Waals surface area contributed by atoms with Gasteiger partial charge in [0.1, 0.15) is 0 Å². The third-order valence-electron chi connectivity index (χ3n) is 7.69. The highest BCUT2D eigenvalue weighted by Crippen LogP contribution is 2.63. The summed E-state index contributed by atoms with van der Waals surface area (Å²) in [4.78, 5) is 0. The summed E-state index contributed by atoms with van der Waals surface area (Å²) in [7, 11) is -0.934. The molecular formula is C33H60ClP. The van der Waals surface area contributed by atoms with Crippen molar-refractivity contribution in [3.05, 3.63) is 42.0 Å². The Labute approximate surface area is 228 Å². The van der Waals surface area contributed by atoms with Crippen molar-refractivity contribution in [1.82, 2.24) is 0 Å². The van der Waals surface area contributed by atoms with Crippen LogP contribution < -0.4 is 12.4 Å². The Balaban J connectivity index is 0.0000116. The van der Waals surface area contributed by atoms with Crippen LogP contribution in [0.5, 0.6) is 0 Å². The third kappa shape index (κ3) is 17.7. The molecule has 0 radical (unpaired) electrons. The smallest absolute Gasteiger partial charge is 0.0842 e. The van der Waals surface area contributed by atoms with Crippen molar-refractivity contribution >= 4 is 13.3 Å². The molecule has 0 atom stereocenters. The molecule has 204 valence electrons. The molecule has 0 unspecified atom stereocenters. The highest BCUT2D eigenvalue weighted by atomic mass is 35.5. The lowest BCUT2D eigenvalue weighted by molar-refractivity contribution is -0.00000753. The first-order valence-corrected chi connectivity index (χ1v) is 17.8. The van der Waals surface area contributed by atoms with Gasteiger partial charge in [-0.1, -0.05) is 135 Å². The summed E-state index contributed by atoms with van der Waals surface area (Å²) in [5, 5.41) is 0. The highest BCUT2D eigenvalue weighted by molar-refractivity contribution is 7.75. The maximum Gasteiger partial charge on any atom is 0.0842 e. The van der Waals surface area contributed by atoms with Crippen LogP contribution in [0.1, 0.15) is 147 Å². The van der Waals surface area contributed by atoms with Crippen LogP contribution in [-0.4, -0.2) is 18.5 Å². The van der Waals surface area contributed by atoms with E-state index in [1.165, 1.54) is 127 Å². The van der Waals surface area contributed by atoms with Crippen LogP contribution in [0.25, 0.3) is 6.08 Å². The van der Waals surface area contributed by atoms with Gasteiger partial charge in [-0.25, -0.2) is 0 Å². The minimum Gasteiger partial charge on any atom is -1.00 e. The maximum atomic E-state index is 3.96. The average Bonchev–Trinajstić information content (AvgIpc) is 2.86. The summed E-state index contributed by atoms with van der Waals surface area (Å²) < 4.78 is 0. The van der Waals surface area contributed by atoms with Gasteiger partial charge in [-0.3, -0.25) is 0 Å². The molecule has 0 aliphatic heterocycles. The highest BCUT2D eigenvalue weighted by Gasteiger charge is 2.35. The van der Waals surface area contributed by atoms with E-state index < -0.39 is 7.26 Å². The Morgan fingerprint density at radius 1 is 0.543 bits per heavy atom. The number of hydrogen-bond donors (Lipinski definition) is 0. The molecular weight excluding hydrogens is 463 g/mol. The van der Waals surface area contributed by atoms with Crippen LogP contribution in [-0.2, 0) is 6.16 Å². The Bertz CT molecular complexity index is 538. The SMILES string of the molecule is C=Cc1ccc(C[P+](CCCCCCCC)(CCCCCCCC)CCCCCCCC)cc1.[Cl-]. The minimum atomic E-state index is -0.934. The summed E-state index contributed by atoms with van der Waals surface area (Å²) in [6, 6.07) is 9.40. The van der Waals surface area contributed by atoms with Crippen molar-refractivity contribution in [2.45, 2.75) is 143 Å². The second kappa shape index (κ2) is 24.0. The first kappa shape index (κ1) is 34.7. The van der Waals surface area contributed by atoms with E-state index in [0.717, 1.165) is 0 Å². The van der Waals surface area contributed by atoms with Crippen LogP contribution >= 0.6 is 7.26 Å². The van der Waals surface area contributed by atoms with Gasteiger partial charge in [-0.2, -0.15) is 0 Å². The summed E-state index contributed by atoms with van der Waals surface area (Å²) >= 11 is 0. The lowest BCUT2D eigenvalue weighted by Crippen LogP contribution is -3.00. The molecule has 0 aliphatic rings. The van der Waals surface area contributed by atoms with Crippen LogP contribution in [0.15, 0.2) is 30.8 Å². The lowest BCUT2D eigenvalue weighted by Gasteiger charge is -2.29. The van der Waals surface area contributed by atoms with Crippen molar-refractivity contribution in [2.24, 2.45) is 0 Å². The number of benzene rings is 1. The van der Waals surface area contributed by atoms with Gasteiger partial charge in [0.2, 0.25) is 0 Å². The van der Waals surface area contributed by atoms with Gasteiger partial charge in [0.05, 0.1) is 24.6 Å². The molecule has 1 aromatic carbocycles. The van der Waals surface area contributed by atoms with Crippen LogP contribution in [0.2, 0.25) is 0 Å². The van der Waals surface area contributed by atoms with E-state index in [0.29, 0.717) is 0 Å². The fraction of sp³-hybridized carbons (Fsp3) is 0.758. The van der Waals surface area contributed by atoms with E-state index in [4.69, 9.17) is 0 Å². The molecule has 0 amide bonds. The second-order valence-electron chi connectivity index (χ2n) is 10.9. The van der Waals surface area contributed by atoms with Crippen molar-refractivity contribution in [1.29, 1.82) is 0 Å². The molecule has 0 nitrogen and oxygen atoms in total. The topological polar surface area (TPSA) is 0 Å². The molecule has 0 heterocycles. The fourth-order valence-electron chi connectivity index (χ4n) is 5.40. The summed E-state index contributed by atoms with van der Waals surface area (Å²) in [5.41, 5.74) is 2.86. The van der Waals surface area contributed by atoms with Crippen molar-refractivity contribution in [2.75, 3.05) is 18.5 Å². The summed E-state index contributed by atoms with van der Waals surface area (Å²) in [6.45, 7) is 10.9. The van der Waals surface area contributed by atoms with Gasteiger partial charge in [-0.05, 0) is 49.7 Å². The largest absolute Gasteiger partial charge is 1.00 e. The molecule has 0 aromatic heterocycles. The zero-order valence-electron chi connectivity index (χ0n) is 24.0. The molecule has 0 spiro atoms. The predicted molar refractivity (Wildman–Crippen MR) is 162 cm³/mol. The van der Waals surface area contributed by atoms with Crippen LogP contribution in [0.4, 0.5) is 0 Å². The van der Waals surface area contributed by atoms with E-state index in [2.05, 4.69) is 51.6 Å². The van der Waals surface area contributed by atoms with Gasteiger partial charge in [0.25, 0.3) is 0 Å². The van der Waals surface area contributed by atoms with E-state index in [1.54, 1.807) is 24.0 Å². The second-order valence-corrected chi connectivity index (χ2v) is 15.3. The van der Waals surface area contributed by atoms with Gasteiger partial charge in [-0.15, -0.1) is 0 Å². The van der Waals surface area contributed by atoms with E-state index in [1.807, 2.05) is 6.08 Å². The molecule has 0 saturated heterocycles. The van der Waals surface area contributed by atoms with Gasteiger partial charge < -0.3 is 12.4 Å². The zero-order chi connectivity index (χ0) is 24.7. The first-order valence-electron chi connectivity index (χ1n) is 15.3. The number of halogens is 1. The fourth-order valence-corrected chi connectivity index (χ4v) is 10.2. The molecule has 0 N–H and O–H groups in total. The molecule has 1 aromatic rings. The molecule has 0 aliphatic carbocycles. The lowest BCUT2D eigenvalue weighted by atomic mass is 10.1. The number of unbranched alkanes of at least 4 members (excludes halogenated alkanes) is 15. The van der Waals surface area contributed by atoms with E-state index >= 15 is 0 Å². The van der Waals surface area contributed by atoms with Gasteiger partial charge in [0.15, 0.2) is 0 Å². The van der Waals surface area contributed by atoms with Crippen LogP contribution in [0, 0.1) is 0 Å². The summed E-state index contributed by atoms with van der Waals surface area (Å²) in [5.74, 6) is 0. The standard InChI is InChI=1S/C33H60P.ClH/c1-5-9-12-15-18-21-28-34(29-22-19-16-13-10-6-2,30-23-20-17-14-11-7-3)31-33-26-24-32(8-4)25-27-33;/h8,24-27H,4-7,9-23,28-31H2,1-3H3;1H/q+1;/p-1. The van der Waals surface area contributed by atoms with Crippen molar-refractivity contribution < 1.29 is 12.4 Å². The molecule has 1 rings (SSSR count). The quantitative estimate of drug-likeness (QED) is 0.0938. The molecule has 0 saturated carbocycles. The average molecular weight is 523 g/mol. The zero-order valence-corrected chi connectivity index (χ0v) is 25.6. The molecule has 0 bridgehead atoms. The van der Waals surface area contributed by atoms with E-state index in [-0.39, 0.29) is 12.4 Å². The summed E-state index contributed by atoms with van der Waals surface area (Å²) in [6.07, 6.45) is 33.9. The maximum absolute atomic E-state index is 3.96. The number of hydrogen-bond acceptors (Lipinski definition) is 0. The van der Waals surface area contributed by atoms with Crippen LogP contribution in [0.3, 0.4) is 0 Å². The van der Waals surface area contributed by atoms with Crippen molar-refractivity contribution in [3.8, 4) is 0 Å². The third-order valence-corrected chi connectivity index (χ3v) is 12.5. The first-order chi connectivity index (χ1) is 16.7. The normalized spacial score (nSPS) is 11.4. The Hall–Kier alpha value is -0.320. The minimum absolute atomic E-state index is 0. The van der Waals surface area contributed by atoms with E-state index in [9.17, 15) is 0 Å². The predicted octanol–water partition coefficient (Wildman–Crippen LogP) is 8.93. The Kier molecular flexibility index (Phi) is 23.8. The molecule has 2 heteroatoms. The van der Waals surface area contributed by atoms with Gasteiger partial charge >= 0.3 is 0 Å². The van der Waals surface area contributed by atoms with Gasteiger partial charge in [0, 0.05) is 7.26 Å². The van der Waals surface area contributed by atoms with Crippen molar-refractivity contribution in [3.63, 3.8) is 0 Å². The monoisotopic (exact) mass is 522 g/mol. The molecule has 35 heavy (non-hydrogen) atoms. The Morgan fingerprint density at radius 3 is 1.23 bits per heavy atom. The number of rotatable bonds is 24. The molecule has 0 fully saturated rings.